The molecule has 0 unspecified atom stereocenters. The highest BCUT2D eigenvalue weighted by molar-refractivity contribution is 6.05. The number of amides is 2. The number of benzene rings is 2. The Morgan fingerprint density at radius 1 is 0.975 bits per heavy atom. The van der Waals surface area contributed by atoms with Crippen molar-refractivity contribution >= 4 is 35.4 Å². The minimum atomic E-state index is -0.865. The number of para-hydroxylation sites is 2. The van der Waals surface area contributed by atoms with E-state index in [0.717, 1.165) is 11.1 Å². The summed E-state index contributed by atoms with van der Waals surface area (Å²) >= 11 is 0. The van der Waals surface area contributed by atoms with Crippen LogP contribution >= 0.6 is 0 Å². The number of aliphatic hydroxyl groups is 1. The Balaban J connectivity index is 1.66. The van der Waals surface area contributed by atoms with E-state index in [1.807, 2.05) is 24.3 Å². The maximum absolute atomic E-state index is 12.7. The normalized spacial score (nSPS) is 18.0. The molecule has 2 amide bonds. The van der Waals surface area contributed by atoms with Crippen molar-refractivity contribution in [3.63, 3.8) is 0 Å². The predicted molar refractivity (Wildman–Crippen MR) is 156 cm³/mol. The molecule has 2 aromatic carbocycles. The second-order valence-electron chi connectivity index (χ2n) is 11.6. The van der Waals surface area contributed by atoms with Crippen molar-refractivity contribution < 1.29 is 29.0 Å². The molecule has 0 bridgehead atoms. The monoisotopic (exact) mass is 551 g/mol. The standard InChI is InChI=1S/C31H41N3O6/c1-7-39-28(36)24-19-34(20-31(5,6)38)18-23(24)22-15-12-21(13-16-22)14-17-27(35)32-25-10-8-9-11-26(25)33-29(37)40-30(2,3)4/h8-17,23-24,38H,7,18-20H2,1-6H3,(H,32,35)(H,33,37)/b17-14+/t23-,24+/m1/s1. The van der Waals surface area contributed by atoms with E-state index in [0.29, 0.717) is 37.6 Å². The van der Waals surface area contributed by atoms with Crippen LogP contribution in [0.4, 0.5) is 16.2 Å². The number of carbonyl (C=O) groups excluding carboxylic acids is 3. The van der Waals surface area contributed by atoms with Gasteiger partial charge in [0.2, 0.25) is 5.91 Å². The van der Waals surface area contributed by atoms with Gasteiger partial charge in [-0.2, -0.15) is 0 Å². The molecule has 1 saturated heterocycles. The molecule has 9 heteroatoms. The zero-order chi connectivity index (χ0) is 29.5. The summed E-state index contributed by atoms with van der Waals surface area (Å²) in [5.74, 6) is -0.962. The van der Waals surface area contributed by atoms with E-state index in [1.54, 1.807) is 71.9 Å². The Kier molecular flexibility index (Phi) is 10.1. The van der Waals surface area contributed by atoms with E-state index >= 15 is 0 Å². The Labute approximate surface area is 236 Å². The summed E-state index contributed by atoms with van der Waals surface area (Å²) in [4.78, 5) is 39.6. The van der Waals surface area contributed by atoms with Crippen LogP contribution in [0, 0.1) is 5.92 Å². The highest BCUT2D eigenvalue weighted by Crippen LogP contribution is 2.34. The highest BCUT2D eigenvalue weighted by Gasteiger charge is 2.40. The van der Waals surface area contributed by atoms with Crippen molar-refractivity contribution in [2.45, 2.75) is 58.7 Å². The van der Waals surface area contributed by atoms with Crippen LogP contribution in [-0.2, 0) is 19.1 Å². The third-order valence-electron chi connectivity index (χ3n) is 6.21. The molecule has 3 N–H and O–H groups in total. The lowest BCUT2D eigenvalue weighted by Gasteiger charge is -2.25. The summed E-state index contributed by atoms with van der Waals surface area (Å²) in [6.45, 7) is 12.6. The molecule has 1 fully saturated rings. The molecule has 0 saturated carbocycles. The first-order valence-corrected chi connectivity index (χ1v) is 13.5. The molecule has 40 heavy (non-hydrogen) atoms. The van der Waals surface area contributed by atoms with Gasteiger partial charge in [-0.25, -0.2) is 4.79 Å². The van der Waals surface area contributed by atoms with Gasteiger partial charge in [0.15, 0.2) is 0 Å². The smallest absolute Gasteiger partial charge is 0.412 e. The van der Waals surface area contributed by atoms with Crippen LogP contribution in [-0.4, -0.2) is 65.4 Å². The molecule has 0 radical (unpaired) electrons. The van der Waals surface area contributed by atoms with E-state index in [1.165, 1.54) is 6.08 Å². The highest BCUT2D eigenvalue weighted by atomic mass is 16.6. The Morgan fingerprint density at radius 3 is 2.17 bits per heavy atom. The van der Waals surface area contributed by atoms with E-state index in [4.69, 9.17) is 9.47 Å². The number of esters is 1. The summed E-state index contributed by atoms with van der Waals surface area (Å²) < 4.78 is 10.6. The average Bonchev–Trinajstić information content (AvgIpc) is 3.25. The maximum Gasteiger partial charge on any atom is 0.412 e. The van der Waals surface area contributed by atoms with Crippen molar-refractivity contribution in [2.24, 2.45) is 5.92 Å². The lowest BCUT2D eigenvalue weighted by molar-refractivity contribution is -0.148. The lowest BCUT2D eigenvalue weighted by Crippen LogP contribution is -2.37. The van der Waals surface area contributed by atoms with Crippen molar-refractivity contribution in [3.05, 3.63) is 65.7 Å². The minimum Gasteiger partial charge on any atom is -0.466 e. The van der Waals surface area contributed by atoms with E-state index < -0.39 is 17.3 Å². The molecule has 2 atom stereocenters. The number of nitrogens with one attached hydrogen (secondary N) is 2. The fraction of sp³-hybridized carbons (Fsp3) is 0.452. The molecule has 1 aliphatic heterocycles. The second-order valence-corrected chi connectivity index (χ2v) is 11.6. The van der Waals surface area contributed by atoms with Gasteiger partial charge in [-0.05, 0) is 70.9 Å². The fourth-order valence-corrected chi connectivity index (χ4v) is 4.70. The number of β-amino-alcohol motifs (C(OH)–C–C–N with tert-alkyl or cyclic N) is 1. The van der Waals surface area contributed by atoms with Gasteiger partial charge in [-0.1, -0.05) is 36.4 Å². The number of nitrogens with zero attached hydrogens (tertiary/aromatic N) is 1. The fourth-order valence-electron chi connectivity index (χ4n) is 4.70. The zero-order valence-electron chi connectivity index (χ0n) is 24.2. The molecular formula is C31H41N3O6. The molecule has 1 aliphatic rings. The van der Waals surface area contributed by atoms with Crippen molar-refractivity contribution in [3.8, 4) is 0 Å². The van der Waals surface area contributed by atoms with E-state index in [-0.39, 0.29) is 23.7 Å². The number of anilines is 2. The predicted octanol–water partition coefficient (Wildman–Crippen LogP) is 5.03. The molecule has 3 rings (SSSR count). The number of rotatable bonds is 9. The third-order valence-corrected chi connectivity index (χ3v) is 6.21. The van der Waals surface area contributed by atoms with Crippen LogP contribution in [0.1, 0.15) is 58.6 Å². The number of likely N-dealkylation sites (tertiary alicyclic amines) is 1. The number of carbonyl (C=O) groups is 3. The van der Waals surface area contributed by atoms with Gasteiger partial charge >= 0.3 is 12.1 Å². The van der Waals surface area contributed by atoms with Crippen molar-refractivity contribution in [2.75, 3.05) is 36.9 Å². The van der Waals surface area contributed by atoms with Crippen LogP contribution in [0.5, 0.6) is 0 Å². The quantitative estimate of drug-likeness (QED) is 0.295. The summed E-state index contributed by atoms with van der Waals surface area (Å²) in [7, 11) is 0. The van der Waals surface area contributed by atoms with Gasteiger partial charge in [-0.3, -0.25) is 19.8 Å². The molecule has 0 spiro atoms. The first kappa shape index (κ1) is 30.8. The largest absolute Gasteiger partial charge is 0.466 e. The van der Waals surface area contributed by atoms with Gasteiger partial charge in [0.25, 0.3) is 0 Å². The van der Waals surface area contributed by atoms with Crippen LogP contribution in [0.25, 0.3) is 6.08 Å². The molecular weight excluding hydrogens is 510 g/mol. The summed E-state index contributed by atoms with van der Waals surface area (Å²) in [5.41, 5.74) is 1.18. The van der Waals surface area contributed by atoms with Gasteiger partial charge in [0.05, 0.1) is 29.5 Å². The van der Waals surface area contributed by atoms with Gasteiger partial charge in [0.1, 0.15) is 5.60 Å². The van der Waals surface area contributed by atoms with Gasteiger partial charge in [0, 0.05) is 31.6 Å². The molecule has 216 valence electrons. The van der Waals surface area contributed by atoms with Gasteiger partial charge < -0.3 is 19.9 Å². The van der Waals surface area contributed by atoms with Crippen LogP contribution in [0.15, 0.2) is 54.6 Å². The lowest BCUT2D eigenvalue weighted by atomic mass is 9.88. The second kappa shape index (κ2) is 13.1. The van der Waals surface area contributed by atoms with Crippen LogP contribution in [0.3, 0.4) is 0 Å². The number of hydrogen-bond acceptors (Lipinski definition) is 7. The van der Waals surface area contributed by atoms with E-state index in [2.05, 4.69) is 15.5 Å². The number of ether oxygens (including phenoxy) is 2. The zero-order valence-corrected chi connectivity index (χ0v) is 24.2. The molecule has 0 aromatic heterocycles. The van der Waals surface area contributed by atoms with E-state index in [9.17, 15) is 19.5 Å². The summed E-state index contributed by atoms with van der Waals surface area (Å²) in [6, 6.07) is 14.6. The molecule has 2 aromatic rings. The van der Waals surface area contributed by atoms with Crippen molar-refractivity contribution in [1.82, 2.24) is 4.90 Å². The Morgan fingerprint density at radius 2 is 1.60 bits per heavy atom. The molecule has 9 nitrogen and oxygen atoms in total. The van der Waals surface area contributed by atoms with Crippen LogP contribution < -0.4 is 10.6 Å². The molecule has 1 heterocycles. The van der Waals surface area contributed by atoms with Crippen molar-refractivity contribution in [1.29, 1.82) is 0 Å². The first-order valence-electron chi connectivity index (χ1n) is 13.5. The maximum atomic E-state index is 12.7. The topological polar surface area (TPSA) is 117 Å². The minimum absolute atomic E-state index is 0.0586. The van der Waals surface area contributed by atoms with Gasteiger partial charge in [-0.15, -0.1) is 0 Å². The summed E-state index contributed by atoms with van der Waals surface area (Å²) in [5, 5.41) is 15.7. The Bertz CT molecular complexity index is 1210. The Hall–Kier alpha value is -3.69. The summed E-state index contributed by atoms with van der Waals surface area (Å²) in [6.07, 6.45) is 2.50. The average molecular weight is 552 g/mol. The third kappa shape index (κ3) is 9.50. The molecule has 0 aliphatic carbocycles. The first-order chi connectivity index (χ1) is 18.7. The SMILES string of the molecule is CCOC(=O)[C@H]1CN(CC(C)(C)O)C[C@@H]1c1ccc(/C=C/C(=O)Nc2ccccc2NC(=O)OC(C)(C)C)cc1. The number of hydrogen-bond donors (Lipinski definition) is 3. The van der Waals surface area contributed by atoms with Crippen LogP contribution in [0.2, 0.25) is 0 Å².